The number of guanidine groups is 1. The second-order valence-electron chi connectivity index (χ2n) is 7.15. The van der Waals surface area contributed by atoms with Crippen LogP contribution in [0.3, 0.4) is 0 Å². The Balaban J connectivity index is 1.45. The highest BCUT2D eigenvalue weighted by Crippen LogP contribution is 2.12. The Morgan fingerprint density at radius 3 is 3.07 bits per heavy atom. The van der Waals surface area contributed by atoms with Crippen LogP contribution in [0, 0.1) is 0 Å². The van der Waals surface area contributed by atoms with E-state index < -0.39 is 10.0 Å². The van der Waals surface area contributed by atoms with Crippen molar-refractivity contribution in [2.24, 2.45) is 4.99 Å². The Bertz CT molecular complexity index is 744. The molecule has 2 unspecified atom stereocenters. The van der Waals surface area contributed by atoms with E-state index in [9.17, 15) is 8.42 Å². The largest absolute Gasteiger partial charge is 0.377 e. The number of fused-ring (bicyclic) bond motifs is 1. The van der Waals surface area contributed by atoms with E-state index in [0.29, 0.717) is 25.7 Å². The van der Waals surface area contributed by atoms with Gasteiger partial charge < -0.3 is 15.4 Å². The van der Waals surface area contributed by atoms with Crippen LogP contribution in [-0.2, 0) is 27.7 Å². The first-order chi connectivity index (χ1) is 13.6. The highest BCUT2D eigenvalue weighted by molar-refractivity contribution is 7.89. The predicted molar refractivity (Wildman–Crippen MR) is 107 cm³/mol. The minimum absolute atomic E-state index is 0.0148. The van der Waals surface area contributed by atoms with E-state index >= 15 is 0 Å². The summed E-state index contributed by atoms with van der Waals surface area (Å²) in [6, 6.07) is 0.185. The van der Waals surface area contributed by atoms with Crippen LogP contribution in [-0.4, -0.2) is 73.3 Å². The Morgan fingerprint density at radius 1 is 1.39 bits per heavy atom. The summed E-state index contributed by atoms with van der Waals surface area (Å²) >= 11 is 0. The van der Waals surface area contributed by atoms with Gasteiger partial charge in [-0.3, -0.25) is 4.99 Å². The van der Waals surface area contributed by atoms with Gasteiger partial charge in [0.2, 0.25) is 10.0 Å². The summed E-state index contributed by atoms with van der Waals surface area (Å²) in [6.45, 7) is 4.66. The van der Waals surface area contributed by atoms with Crippen LogP contribution in [0.25, 0.3) is 0 Å². The fraction of sp³-hybridized carbons (Fsp3) is 0.824. The number of nitrogens with one attached hydrogen (secondary N) is 3. The van der Waals surface area contributed by atoms with Crippen LogP contribution in [0.2, 0.25) is 0 Å². The standard InChI is InChI=1S/C17H31N7O3S/c1-2-18-17(23-14-6-7-16-20-13-21-24(16)12-14)19-8-10-28(25,26)22-11-15-5-3-4-9-27-15/h13-15,22H,2-12H2,1H3,(H2,18,19,23). The third-order valence-electron chi connectivity index (χ3n) is 4.93. The van der Waals surface area contributed by atoms with Gasteiger partial charge in [-0.2, -0.15) is 5.10 Å². The molecule has 0 radical (unpaired) electrons. The summed E-state index contributed by atoms with van der Waals surface area (Å²) in [5, 5.41) is 10.8. The SMILES string of the molecule is CCNC(=NCCS(=O)(=O)NCC1CCCCO1)NC1CCc2ncnn2C1. The quantitative estimate of drug-likeness (QED) is 0.393. The lowest BCUT2D eigenvalue weighted by Gasteiger charge is -2.25. The number of ether oxygens (including phenoxy) is 1. The lowest BCUT2D eigenvalue weighted by atomic mass is 10.1. The van der Waals surface area contributed by atoms with Crippen molar-refractivity contribution in [1.29, 1.82) is 0 Å². The zero-order valence-electron chi connectivity index (χ0n) is 16.4. The molecule has 0 aliphatic carbocycles. The van der Waals surface area contributed by atoms with E-state index in [4.69, 9.17) is 4.74 Å². The summed E-state index contributed by atoms with van der Waals surface area (Å²) < 4.78 is 34.5. The molecule has 0 saturated carbocycles. The molecule has 158 valence electrons. The van der Waals surface area contributed by atoms with Gasteiger partial charge in [-0.1, -0.05) is 0 Å². The Labute approximate surface area is 166 Å². The number of aromatic nitrogens is 3. The third-order valence-corrected chi connectivity index (χ3v) is 6.25. The average Bonchev–Trinajstić information content (AvgIpc) is 3.15. The van der Waals surface area contributed by atoms with Crippen molar-refractivity contribution >= 4 is 16.0 Å². The van der Waals surface area contributed by atoms with Crippen LogP contribution in [0.4, 0.5) is 0 Å². The Morgan fingerprint density at radius 2 is 2.29 bits per heavy atom. The maximum atomic E-state index is 12.2. The molecule has 3 heterocycles. The molecule has 1 aromatic heterocycles. The van der Waals surface area contributed by atoms with Gasteiger partial charge in [-0.15, -0.1) is 0 Å². The average molecular weight is 414 g/mol. The van der Waals surface area contributed by atoms with Crippen LogP contribution >= 0.6 is 0 Å². The van der Waals surface area contributed by atoms with Crippen molar-refractivity contribution in [3.8, 4) is 0 Å². The minimum atomic E-state index is -3.37. The van der Waals surface area contributed by atoms with Gasteiger partial charge in [0, 0.05) is 32.2 Å². The molecular formula is C17H31N7O3S. The lowest BCUT2D eigenvalue weighted by molar-refractivity contribution is 0.0200. The van der Waals surface area contributed by atoms with Crippen molar-refractivity contribution < 1.29 is 13.2 Å². The first-order valence-electron chi connectivity index (χ1n) is 10.1. The van der Waals surface area contributed by atoms with Gasteiger partial charge in [0.1, 0.15) is 12.2 Å². The van der Waals surface area contributed by atoms with Crippen molar-refractivity contribution in [2.75, 3.05) is 32.0 Å². The number of sulfonamides is 1. The zero-order chi connectivity index (χ0) is 19.8. The molecule has 0 bridgehead atoms. The maximum absolute atomic E-state index is 12.2. The first kappa shape index (κ1) is 21.0. The van der Waals surface area contributed by atoms with Crippen molar-refractivity contribution in [3.63, 3.8) is 0 Å². The van der Waals surface area contributed by atoms with Gasteiger partial charge in [-0.05, 0) is 32.6 Å². The second-order valence-corrected chi connectivity index (χ2v) is 9.08. The van der Waals surface area contributed by atoms with E-state index in [1.54, 1.807) is 6.33 Å². The second kappa shape index (κ2) is 10.2. The zero-order valence-corrected chi connectivity index (χ0v) is 17.2. The summed E-state index contributed by atoms with van der Waals surface area (Å²) in [5.74, 6) is 1.58. The van der Waals surface area contributed by atoms with Gasteiger partial charge >= 0.3 is 0 Å². The Kier molecular flexibility index (Phi) is 7.63. The van der Waals surface area contributed by atoms with E-state index in [2.05, 4.69) is 30.4 Å². The molecular weight excluding hydrogens is 382 g/mol. The molecule has 0 amide bonds. The molecule has 11 heteroatoms. The highest BCUT2D eigenvalue weighted by atomic mass is 32.2. The Hall–Kier alpha value is -1.72. The molecule has 3 rings (SSSR count). The highest BCUT2D eigenvalue weighted by Gasteiger charge is 2.21. The summed E-state index contributed by atoms with van der Waals surface area (Å²) in [5.41, 5.74) is 0. The lowest BCUT2D eigenvalue weighted by Crippen LogP contribution is -2.47. The fourth-order valence-electron chi connectivity index (χ4n) is 3.41. The minimum Gasteiger partial charge on any atom is -0.377 e. The van der Waals surface area contributed by atoms with Crippen LogP contribution in [0.15, 0.2) is 11.3 Å². The number of nitrogens with zero attached hydrogens (tertiary/aromatic N) is 4. The third kappa shape index (κ3) is 6.42. The van der Waals surface area contributed by atoms with E-state index in [-0.39, 0.29) is 24.4 Å². The van der Waals surface area contributed by atoms with Gasteiger partial charge in [-0.25, -0.2) is 22.8 Å². The topological polar surface area (TPSA) is 123 Å². The van der Waals surface area contributed by atoms with Gasteiger partial charge in [0.05, 0.1) is 24.9 Å². The number of rotatable bonds is 8. The van der Waals surface area contributed by atoms with Crippen LogP contribution < -0.4 is 15.4 Å². The first-order valence-corrected chi connectivity index (χ1v) is 11.7. The molecule has 1 saturated heterocycles. The normalized spacial score (nSPS) is 23.2. The van der Waals surface area contributed by atoms with Gasteiger partial charge in [0.25, 0.3) is 0 Å². The predicted octanol–water partition coefficient (Wildman–Crippen LogP) is -0.363. The molecule has 0 spiro atoms. The van der Waals surface area contributed by atoms with Crippen molar-refractivity contribution in [1.82, 2.24) is 30.1 Å². The van der Waals surface area contributed by atoms with E-state index in [1.807, 2.05) is 11.6 Å². The smallest absolute Gasteiger partial charge is 0.213 e. The summed E-state index contributed by atoms with van der Waals surface area (Å²) in [6.07, 6.45) is 6.41. The van der Waals surface area contributed by atoms with Gasteiger partial charge in [0.15, 0.2) is 5.96 Å². The van der Waals surface area contributed by atoms with E-state index in [1.165, 1.54) is 0 Å². The molecule has 1 aromatic rings. The number of hydrogen-bond donors (Lipinski definition) is 3. The fourth-order valence-corrected chi connectivity index (χ4v) is 4.32. The number of aryl methyl sites for hydroxylation is 1. The molecule has 2 aliphatic rings. The summed E-state index contributed by atoms with van der Waals surface area (Å²) in [4.78, 5) is 8.66. The van der Waals surface area contributed by atoms with Crippen molar-refractivity contribution in [2.45, 2.75) is 57.7 Å². The molecule has 2 atom stereocenters. The summed E-state index contributed by atoms with van der Waals surface area (Å²) in [7, 11) is -3.37. The molecule has 2 aliphatic heterocycles. The monoisotopic (exact) mass is 413 g/mol. The number of aliphatic imine (C=N–C) groups is 1. The molecule has 28 heavy (non-hydrogen) atoms. The van der Waals surface area contributed by atoms with Crippen LogP contribution in [0.1, 0.15) is 38.4 Å². The molecule has 3 N–H and O–H groups in total. The number of hydrogen-bond acceptors (Lipinski definition) is 6. The van der Waals surface area contributed by atoms with E-state index in [0.717, 1.165) is 44.5 Å². The van der Waals surface area contributed by atoms with Crippen molar-refractivity contribution in [3.05, 3.63) is 12.2 Å². The molecule has 1 fully saturated rings. The maximum Gasteiger partial charge on any atom is 0.213 e. The molecule has 10 nitrogen and oxygen atoms in total. The van der Waals surface area contributed by atoms with Crippen LogP contribution in [0.5, 0.6) is 0 Å². The molecule has 0 aromatic carbocycles.